The van der Waals surface area contributed by atoms with Crippen molar-refractivity contribution in [2.24, 2.45) is 0 Å². The van der Waals surface area contributed by atoms with Gasteiger partial charge in [0.15, 0.2) is 0 Å². The van der Waals surface area contributed by atoms with Crippen LogP contribution in [0.3, 0.4) is 0 Å². The number of hydrogen-bond donors (Lipinski definition) is 1. The summed E-state index contributed by atoms with van der Waals surface area (Å²) in [4.78, 5) is 15.9. The van der Waals surface area contributed by atoms with Crippen molar-refractivity contribution in [1.29, 1.82) is 0 Å². The zero-order valence-corrected chi connectivity index (χ0v) is 16.1. The molecular weight excluding hydrogens is 334 g/mol. The molecule has 0 saturated heterocycles. The lowest BCUT2D eigenvalue weighted by Crippen LogP contribution is -2.35. The third-order valence-electron chi connectivity index (χ3n) is 6.37. The first-order valence-electron chi connectivity index (χ1n) is 9.88. The number of ether oxygens (including phenoxy) is 1. The van der Waals surface area contributed by atoms with E-state index in [0.29, 0.717) is 12.3 Å². The van der Waals surface area contributed by atoms with Crippen LogP contribution in [-0.4, -0.2) is 18.1 Å². The number of rotatable bonds is 5. The molecule has 0 saturated carbocycles. The maximum atomic E-state index is 12.2. The first-order valence-corrected chi connectivity index (χ1v) is 9.88. The van der Waals surface area contributed by atoms with Gasteiger partial charge < -0.3 is 9.72 Å². The Hall–Kier alpha value is -2.55. The molecule has 1 aliphatic rings. The van der Waals surface area contributed by atoms with Crippen molar-refractivity contribution in [3.63, 3.8) is 0 Å². The standard InChI is InChI=1S/C24H27NO2/c1-3-24(16-21(26)27-2)14-13-18(15-17-9-5-4-6-10-17)22-19-11-7-8-12-20(19)25-23(22)24/h4-12,18,25H,3,13-16H2,1-2H3/t18?,24-/m0/s1. The fourth-order valence-electron chi connectivity index (χ4n) is 4.83. The summed E-state index contributed by atoms with van der Waals surface area (Å²) < 4.78 is 5.04. The Morgan fingerprint density at radius 3 is 2.63 bits per heavy atom. The van der Waals surface area contributed by atoms with Gasteiger partial charge in [0, 0.05) is 22.0 Å². The Morgan fingerprint density at radius 1 is 1.15 bits per heavy atom. The Balaban J connectivity index is 1.83. The molecule has 3 aromatic rings. The van der Waals surface area contributed by atoms with Gasteiger partial charge in [-0.1, -0.05) is 55.5 Å². The van der Waals surface area contributed by atoms with Crippen molar-refractivity contribution in [2.45, 2.75) is 50.4 Å². The summed E-state index contributed by atoms with van der Waals surface area (Å²) in [5, 5.41) is 1.30. The van der Waals surface area contributed by atoms with Crippen molar-refractivity contribution >= 4 is 16.9 Å². The van der Waals surface area contributed by atoms with Crippen LogP contribution in [0.25, 0.3) is 10.9 Å². The molecule has 1 unspecified atom stereocenters. The predicted octanol–water partition coefficient (Wildman–Crippen LogP) is 5.50. The van der Waals surface area contributed by atoms with E-state index in [1.54, 1.807) is 0 Å². The van der Waals surface area contributed by atoms with Crippen LogP contribution < -0.4 is 0 Å². The number of esters is 1. The zero-order chi connectivity index (χ0) is 18.9. The van der Waals surface area contributed by atoms with Gasteiger partial charge >= 0.3 is 5.97 Å². The zero-order valence-electron chi connectivity index (χ0n) is 16.1. The molecule has 0 radical (unpaired) electrons. The molecule has 1 aliphatic carbocycles. The highest BCUT2D eigenvalue weighted by Crippen LogP contribution is 2.50. The molecule has 1 N–H and O–H groups in total. The molecule has 4 rings (SSSR count). The van der Waals surface area contributed by atoms with Gasteiger partial charge in [0.2, 0.25) is 0 Å². The Morgan fingerprint density at radius 2 is 1.89 bits per heavy atom. The van der Waals surface area contributed by atoms with Crippen LogP contribution in [0.5, 0.6) is 0 Å². The van der Waals surface area contributed by atoms with Crippen LogP contribution in [-0.2, 0) is 21.4 Å². The first kappa shape index (κ1) is 17.8. The minimum Gasteiger partial charge on any atom is -0.469 e. The molecule has 0 fully saturated rings. The fraction of sp³-hybridized carbons (Fsp3) is 0.375. The third-order valence-corrected chi connectivity index (χ3v) is 6.37. The number of methoxy groups -OCH3 is 1. The SMILES string of the molecule is CC[C@@]1(CC(=O)OC)CCC(Cc2ccccc2)c2c1[nH]c1ccccc21. The number of benzene rings is 2. The predicted molar refractivity (Wildman–Crippen MR) is 109 cm³/mol. The number of aromatic amines is 1. The molecule has 27 heavy (non-hydrogen) atoms. The monoisotopic (exact) mass is 361 g/mol. The van der Waals surface area contributed by atoms with Crippen LogP contribution in [0.2, 0.25) is 0 Å². The van der Waals surface area contributed by atoms with Gasteiger partial charge in [-0.3, -0.25) is 4.79 Å². The largest absolute Gasteiger partial charge is 0.469 e. The number of H-pyrrole nitrogens is 1. The van der Waals surface area contributed by atoms with Crippen LogP contribution >= 0.6 is 0 Å². The van der Waals surface area contributed by atoms with Gasteiger partial charge in [0.25, 0.3) is 0 Å². The molecule has 1 heterocycles. The molecule has 2 aromatic carbocycles. The molecule has 3 heteroatoms. The van der Waals surface area contributed by atoms with E-state index in [1.165, 1.54) is 34.8 Å². The van der Waals surface area contributed by atoms with Gasteiger partial charge in [-0.05, 0) is 48.8 Å². The molecule has 0 aliphatic heterocycles. The lowest BCUT2D eigenvalue weighted by molar-refractivity contribution is -0.142. The van der Waals surface area contributed by atoms with E-state index in [9.17, 15) is 4.79 Å². The first-order chi connectivity index (χ1) is 13.2. The van der Waals surface area contributed by atoms with Gasteiger partial charge in [0.05, 0.1) is 13.5 Å². The van der Waals surface area contributed by atoms with Crippen LogP contribution in [0.4, 0.5) is 0 Å². The third kappa shape index (κ3) is 3.16. The van der Waals surface area contributed by atoms with Gasteiger partial charge in [0.1, 0.15) is 0 Å². The molecule has 0 spiro atoms. The molecule has 140 valence electrons. The maximum absolute atomic E-state index is 12.2. The minimum absolute atomic E-state index is 0.122. The second-order valence-electron chi connectivity index (χ2n) is 7.77. The number of aromatic nitrogens is 1. The molecule has 2 atom stereocenters. The van der Waals surface area contributed by atoms with E-state index >= 15 is 0 Å². The number of carbonyl (C=O) groups excluding carboxylic acids is 1. The van der Waals surface area contributed by atoms with Crippen LogP contribution in [0.1, 0.15) is 55.3 Å². The average Bonchev–Trinajstić information content (AvgIpc) is 3.11. The second-order valence-corrected chi connectivity index (χ2v) is 7.77. The number of fused-ring (bicyclic) bond motifs is 3. The summed E-state index contributed by atoms with van der Waals surface area (Å²) in [6.45, 7) is 2.19. The van der Waals surface area contributed by atoms with Crippen LogP contribution in [0, 0.1) is 0 Å². The summed E-state index contributed by atoms with van der Waals surface area (Å²) in [5.41, 5.74) is 5.05. The summed E-state index contributed by atoms with van der Waals surface area (Å²) in [7, 11) is 1.48. The number of para-hydroxylation sites is 1. The normalized spacial score (nSPS) is 21.8. The lowest BCUT2D eigenvalue weighted by atomic mass is 9.65. The fourth-order valence-corrected chi connectivity index (χ4v) is 4.83. The van der Waals surface area contributed by atoms with Crippen molar-refractivity contribution < 1.29 is 9.53 Å². The van der Waals surface area contributed by atoms with Crippen molar-refractivity contribution in [3.8, 4) is 0 Å². The van der Waals surface area contributed by atoms with E-state index in [0.717, 1.165) is 25.7 Å². The highest BCUT2D eigenvalue weighted by molar-refractivity contribution is 5.86. The topological polar surface area (TPSA) is 42.1 Å². The van der Waals surface area contributed by atoms with Crippen LogP contribution in [0.15, 0.2) is 54.6 Å². The van der Waals surface area contributed by atoms with E-state index in [-0.39, 0.29) is 11.4 Å². The molecule has 0 bridgehead atoms. The van der Waals surface area contributed by atoms with Gasteiger partial charge in [-0.2, -0.15) is 0 Å². The van der Waals surface area contributed by atoms with Crippen molar-refractivity contribution in [2.75, 3.05) is 7.11 Å². The van der Waals surface area contributed by atoms with Crippen molar-refractivity contribution in [3.05, 3.63) is 71.4 Å². The Bertz CT molecular complexity index is 943. The van der Waals surface area contributed by atoms with E-state index in [4.69, 9.17) is 4.74 Å². The quantitative estimate of drug-likeness (QED) is 0.610. The number of nitrogens with one attached hydrogen (secondary N) is 1. The minimum atomic E-state index is -0.158. The smallest absolute Gasteiger partial charge is 0.306 e. The molecule has 3 nitrogen and oxygen atoms in total. The van der Waals surface area contributed by atoms with E-state index < -0.39 is 0 Å². The Kier molecular flexibility index (Phi) is 4.77. The summed E-state index contributed by atoms with van der Waals surface area (Å²) in [5.74, 6) is 0.346. The lowest BCUT2D eigenvalue weighted by Gasteiger charge is -2.39. The van der Waals surface area contributed by atoms with Gasteiger partial charge in [-0.25, -0.2) is 0 Å². The summed E-state index contributed by atoms with van der Waals surface area (Å²) in [6, 6.07) is 19.3. The van der Waals surface area contributed by atoms with E-state index in [2.05, 4.69) is 66.5 Å². The summed E-state index contributed by atoms with van der Waals surface area (Å²) in [6.07, 6.45) is 4.51. The average molecular weight is 361 g/mol. The number of hydrogen-bond acceptors (Lipinski definition) is 2. The molecule has 0 amide bonds. The highest BCUT2D eigenvalue weighted by Gasteiger charge is 2.42. The molecule has 1 aromatic heterocycles. The number of carbonyl (C=O) groups is 1. The van der Waals surface area contributed by atoms with Gasteiger partial charge in [-0.15, -0.1) is 0 Å². The van der Waals surface area contributed by atoms with E-state index in [1.807, 2.05) is 0 Å². The summed E-state index contributed by atoms with van der Waals surface area (Å²) >= 11 is 0. The highest BCUT2D eigenvalue weighted by atomic mass is 16.5. The second kappa shape index (κ2) is 7.22. The molecular formula is C24H27NO2. The van der Waals surface area contributed by atoms with Crippen molar-refractivity contribution in [1.82, 2.24) is 4.98 Å². The maximum Gasteiger partial charge on any atom is 0.306 e. The Labute approximate surface area is 160 Å².